The molecule has 0 heterocycles. The topological polar surface area (TPSA) is 41.5 Å². The van der Waals surface area contributed by atoms with Gasteiger partial charge >= 0.3 is 0 Å². The van der Waals surface area contributed by atoms with Crippen LogP contribution in [0.5, 0.6) is 5.75 Å². The summed E-state index contributed by atoms with van der Waals surface area (Å²) in [5.41, 5.74) is 1.47. The number of nitrogens with one attached hydrogen (secondary N) is 1. The van der Waals surface area contributed by atoms with Crippen molar-refractivity contribution in [2.75, 3.05) is 20.3 Å². The number of aliphatic hydroxyl groups excluding tert-OH is 1. The number of aliphatic hydroxyl groups is 1. The van der Waals surface area contributed by atoms with Gasteiger partial charge in [0.2, 0.25) is 0 Å². The van der Waals surface area contributed by atoms with Crippen LogP contribution in [0.15, 0.2) is 24.3 Å². The molecule has 0 aromatic heterocycles. The maximum Gasteiger partial charge on any atom is 0.119 e. The van der Waals surface area contributed by atoms with E-state index in [1.807, 2.05) is 19.2 Å². The van der Waals surface area contributed by atoms with Gasteiger partial charge in [-0.3, -0.25) is 0 Å². The molecule has 0 bridgehead atoms. The van der Waals surface area contributed by atoms with Gasteiger partial charge in [0.25, 0.3) is 0 Å². The number of likely N-dealkylation sites (N-methyl/N-ethyl adjacent to an activating group) is 1. The summed E-state index contributed by atoms with van der Waals surface area (Å²) in [5, 5.41) is 12.0. The van der Waals surface area contributed by atoms with Crippen molar-refractivity contribution >= 4 is 0 Å². The summed E-state index contributed by atoms with van der Waals surface area (Å²) in [5.74, 6) is 0.876. The van der Waals surface area contributed by atoms with Crippen LogP contribution in [0.25, 0.3) is 0 Å². The molecule has 0 aliphatic rings. The summed E-state index contributed by atoms with van der Waals surface area (Å²) in [4.78, 5) is 0. The van der Waals surface area contributed by atoms with E-state index in [-0.39, 0.29) is 18.1 Å². The largest absolute Gasteiger partial charge is 0.492 e. The van der Waals surface area contributed by atoms with Gasteiger partial charge in [0.15, 0.2) is 0 Å². The molecule has 0 fully saturated rings. The first-order chi connectivity index (χ1) is 8.47. The fourth-order valence-electron chi connectivity index (χ4n) is 1.71. The van der Waals surface area contributed by atoms with E-state index in [0.717, 1.165) is 5.75 Å². The first-order valence-corrected chi connectivity index (χ1v) is 6.49. The standard InChI is InChI=1S/C15H25NO2/c1-15(2,3)12-5-7-14(8-6-12)18-11-13(16-4)9-10-17/h5-8,13,16-17H,9-11H2,1-4H3. The zero-order valence-corrected chi connectivity index (χ0v) is 11.9. The van der Waals surface area contributed by atoms with Crippen LogP contribution in [0.1, 0.15) is 32.8 Å². The third kappa shape index (κ3) is 4.67. The highest BCUT2D eigenvalue weighted by Crippen LogP contribution is 2.24. The van der Waals surface area contributed by atoms with Crippen molar-refractivity contribution in [3.05, 3.63) is 29.8 Å². The van der Waals surface area contributed by atoms with Gasteiger partial charge in [-0.15, -0.1) is 0 Å². The third-order valence-corrected chi connectivity index (χ3v) is 3.06. The highest BCUT2D eigenvalue weighted by atomic mass is 16.5. The highest BCUT2D eigenvalue weighted by Gasteiger charge is 2.13. The normalized spacial score (nSPS) is 13.4. The van der Waals surface area contributed by atoms with Gasteiger partial charge in [0, 0.05) is 12.6 Å². The maximum absolute atomic E-state index is 8.90. The van der Waals surface area contributed by atoms with E-state index in [0.29, 0.717) is 13.0 Å². The van der Waals surface area contributed by atoms with E-state index in [9.17, 15) is 0 Å². The lowest BCUT2D eigenvalue weighted by Crippen LogP contribution is -2.32. The summed E-state index contributed by atoms with van der Waals surface area (Å²) in [6.45, 7) is 7.34. The van der Waals surface area contributed by atoms with Crippen molar-refractivity contribution < 1.29 is 9.84 Å². The number of hydrogen-bond acceptors (Lipinski definition) is 3. The average molecular weight is 251 g/mol. The molecule has 0 saturated carbocycles. The number of rotatable bonds is 6. The summed E-state index contributed by atoms with van der Waals surface area (Å²) in [6.07, 6.45) is 0.705. The van der Waals surface area contributed by atoms with Crippen LogP contribution in [0, 0.1) is 0 Å². The van der Waals surface area contributed by atoms with Crippen molar-refractivity contribution in [1.82, 2.24) is 5.32 Å². The minimum Gasteiger partial charge on any atom is -0.492 e. The van der Waals surface area contributed by atoms with Crippen LogP contribution in [0.4, 0.5) is 0 Å². The average Bonchev–Trinajstić information content (AvgIpc) is 2.34. The predicted octanol–water partition coefficient (Wildman–Crippen LogP) is 2.33. The van der Waals surface area contributed by atoms with E-state index in [4.69, 9.17) is 9.84 Å². The third-order valence-electron chi connectivity index (χ3n) is 3.06. The zero-order chi connectivity index (χ0) is 13.6. The predicted molar refractivity (Wildman–Crippen MR) is 75.2 cm³/mol. The Kier molecular flexibility index (Phi) is 5.63. The summed E-state index contributed by atoms with van der Waals surface area (Å²) in [7, 11) is 1.88. The van der Waals surface area contributed by atoms with Crippen LogP contribution >= 0.6 is 0 Å². The molecule has 1 rings (SSSR count). The van der Waals surface area contributed by atoms with Crippen LogP contribution in [-0.2, 0) is 5.41 Å². The Morgan fingerprint density at radius 3 is 2.28 bits per heavy atom. The van der Waals surface area contributed by atoms with Crippen molar-refractivity contribution in [3.63, 3.8) is 0 Å². The van der Waals surface area contributed by atoms with Crippen LogP contribution in [0.2, 0.25) is 0 Å². The van der Waals surface area contributed by atoms with E-state index in [2.05, 4.69) is 38.2 Å². The Hall–Kier alpha value is -1.06. The molecule has 0 aliphatic carbocycles. The van der Waals surface area contributed by atoms with Gasteiger partial charge in [0.05, 0.1) is 0 Å². The lowest BCUT2D eigenvalue weighted by molar-refractivity contribution is 0.219. The quantitative estimate of drug-likeness (QED) is 0.815. The first-order valence-electron chi connectivity index (χ1n) is 6.49. The van der Waals surface area contributed by atoms with Crippen molar-refractivity contribution in [1.29, 1.82) is 0 Å². The van der Waals surface area contributed by atoms with Gasteiger partial charge < -0.3 is 15.2 Å². The molecule has 0 radical (unpaired) electrons. The minimum atomic E-state index is 0.170. The van der Waals surface area contributed by atoms with Crippen molar-refractivity contribution in [3.8, 4) is 5.75 Å². The summed E-state index contributed by atoms with van der Waals surface area (Å²) < 4.78 is 5.71. The highest BCUT2D eigenvalue weighted by molar-refractivity contribution is 5.31. The molecular weight excluding hydrogens is 226 g/mol. The van der Waals surface area contributed by atoms with Crippen LogP contribution in [-0.4, -0.2) is 31.4 Å². The van der Waals surface area contributed by atoms with E-state index in [1.54, 1.807) is 0 Å². The Balaban J connectivity index is 2.53. The molecule has 1 aromatic carbocycles. The Labute approximate surface area is 110 Å². The van der Waals surface area contributed by atoms with Crippen molar-refractivity contribution in [2.45, 2.75) is 38.6 Å². The molecule has 1 aromatic rings. The van der Waals surface area contributed by atoms with Gasteiger partial charge in [0.1, 0.15) is 12.4 Å². The Morgan fingerprint density at radius 2 is 1.83 bits per heavy atom. The lowest BCUT2D eigenvalue weighted by Gasteiger charge is -2.20. The zero-order valence-electron chi connectivity index (χ0n) is 11.9. The van der Waals surface area contributed by atoms with Crippen LogP contribution < -0.4 is 10.1 Å². The molecule has 0 spiro atoms. The molecule has 3 heteroatoms. The number of hydrogen-bond donors (Lipinski definition) is 2. The molecule has 1 atom stereocenters. The molecule has 2 N–H and O–H groups in total. The molecule has 0 amide bonds. The van der Waals surface area contributed by atoms with Gasteiger partial charge in [-0.2, -0.15) is 0 Å². The fraction of sp³-hybridized carbons (Fsp3) is 0.600. The van der Waals surface area contributed by atoms with Crippen molar-refractivity contribution in [2.24, 2.45) is 0 Å². The molecule has 1 unspecified atom stereocenters. The maximum atomic E-state index is 8.90. The van der Waals surface area contributed by atoms with Gasteiger partial charge in [-0.05, 0) is 36.6 Å². The SMILES string of the molecule is CNC(CCO)COc1ccc(C(C)(C)C)cc1. The summed E-state index contributed by atoms with van der Waals surface area (Å²) >= 11 is 0. The second-order valence-corrected chi connectivity index (χ2v) is 5.58. The Morgan fingerprint density at radius 1 is 1.22 bits per heavy atom. The minimum absolute atomic E-state index is 0.170. The lowest BCUT2D eigenvalue weighted by atomic mass is 9.87. The number of ether oxygens (including phenoxy) is 1. The molecule has 0 aliphatic heterocycles. The Bertz CT molecular complexity index is 341. The van der Waals surface area contributed by atoms with Gasteiger partial charge in [-0.1, -0.05) is 32.9 Å². The number of benzene rings is 1. The second kappa shape index (κ2) is 6.76. The molecule has 18 heavy (non-hydrogen) atoms. The molecule has 102 valence electrons. The van der Waals surface area contributed by atoms with E-state index >= 15 is 0 Å². The van der Waals surface area contributed by atoms with E-state index in [1.165, 1.54) is 5.56 Å². The molecule has 0 saturated heterocycles. The van der Waals surface area contributed by atoms with Gasteiger partial charge in [-0.25, -0.2) is 0 Å². The molecule has 3 nitrogen and oxygen atoms in total. The van der Waals surface area contributed by atoms with Crippen LogP contribution in [0.3, 0.4) is 0 Å². The fourth-order valence-corrected chi connectivity index (χ4v) is 1.71. The monoisotopic (exact) mass is 251 g/mol. The summed E-state index contributed by atoms with van der Waals surface area (Å²) in [6, 6.07) is 8.42. The first kappa shape index (κ1) is 15.0. The molecular formula is C15H25NO2. The van der Waals surface area contributed by atoms with E-state index < -0.39 is 0 Å². The second-order valence-electron chi connectivity index (χ2n) is 5.58. The smallest absolute Gasteiger partial charge is 0.119 e.